The van der Waals surface area contributed by atoms with E-state index in [4.69, 9.17) is 14.2 Å². The van der Waals surface area contributed by atoms with Gasteiger partial charge in [0.1, 0.15) is 23.0 Å². The van der Waals surface area contributed by atoms with Gasteiger partial charge < -0.3 is 24.2 Å². The molecule has 2 aliphatic heterocycles. The summed E-state index contributed by atoms with van der Waals surface area (Å²) in [6.45, 7) is 0.480. The molecule has 3 aromatic rings. The Balaban J connectivity index is 1.48. The van der Waals surface area contributed by atoms with Crippen molar-refractivity contribution in [3.05, 3.63) is 83.4 Å². The van der Waals surface area contributed by atoms with Crippen molar-refractivity contribution in [2.24, 2.45) is 5.92 Å². The van der Waals surface area contributed by atoms with Gasteiger partial charge in [0.05, 0.1) is 31.8 Å². The van der Waals surface area contributed by atoms with E-state index in [-0.39, 0.29) is 17.9 Å². The van der Waals surface area contributed by atoms with E-state index < -0.39 is 11.5 Å². The minimum atomic E-state index is -0.796. The van der Waals surface area contributed by atoms with E-state index in [1.807, 2.05) is 71.6 Å². The lowest BCUT2D eigenvalue weighted by Crippen LogP contribution is -2.57. The van der Waals surface area contributed by atoms with Crippen LogP contribution in [0.1, 0.15) is 60.8 Å². The highest BCUT2D eigenvalue weighted by molar-refractivity contribution is 5.90. The molecule has 1 N–H and O–H groups in total. The van der Waals surface area contributed by atoms with Gasteiger partial charge in [0.2, 0.25) is 5.91 Å². The molecule has 3 atom stereocenters. The molecule has 0 bridgehead atoms. The van der Waals surface area contributed by atoms with E-state index in [0.29, 0.717) is 36.0 Å². The number of nitrogens with zero attached hydrogens (tertiary/aromatic N) is 1. The van der Waals surface area contributed by atoms with E-state index in [1.165, 1.54) is 0 Å². The summed E-state index contributed by atoms with van der Waals surface area (Å²) < 4.78 is 17.4. The monoisotopic (exact) mass is 499 g/mol. The number of aliphatic hydroxyl groups is 1. The normalized spacial score (nSPS) is 24.8. The molecule has 1 saturated carbocycles. The van der Waals surface area contributed by atoms with Gasteiger partial charge >= 0.3 is 0 Å². The molecule has 6 heteroatoms. The minimum absolute atomic E-state index is 0.0266. The number of likely N-dealkylation sites (tertiary alicyclic amines) is 1. The highest BCUT2D eigenvalue weighted by Crippen LogP contribution is 2.53. The largest absolute Gasteiger partial charge is 0.497 e. The smallest absolute Gasteiger partial charge is 0.235 e. The first-order valence-electron chi connectivity index (χ1n) is 13.1. The Morgan fingerprint density at radius 2 is 1.62 bits per heavy atom. The SMILES string of the molecule is COc1ccc([C@H]2[C@H]3CCCC[C@@]3(O)CCN2C(=O)C2c3ccccc3Oc3ccccc32)c(OC)c1. The molecule has 0 spiro atoms. The third-order valence-electron chi connectivity index (χ3n) is 8.54. The fourth-order valence-electron chi connectivity index (χ4n) is 6.72. The van der Waals surface area contributed by atoms with E-state index >= 15 is 0 Å². The van der Waals surface area contributed by atoms with Crippen LogP contribution in [0.25, 0.3) is 0 Å². The van der Waals surface area contributed by atoms with Crippen molar-refractivity contribution >= 4 is 5.91 Å². The molecule has 1 saturated heterocycles. The maximum Gasteiger partial charge on any atom is 0.235 e. The molecule has 2 fully saturated rings. The van der Waals surface area contributed by atoms with Crippen LogP contribution >= 0.6 is 0 Å². The molecule has 0 radical (unpaired) electrons. The molecule has 0 aromatic heterocycles. The number of rotatable bonds is 4. The maximum atomic E-state index is 14.7. The van der Waals surface area contributed by atoms with Crippen LogP contribution in [0.4, 0.5) is 0 Å². The lowest BCUT2D eigenvalue weighted by Gasteiger charge is -2.53. The van der Waals surface area contributed by atoms with Gasteiger partial charge in [0.25, 0.3) is 0 Å². The summed E-state index contributed by atoms with van der Waals surface area (Å²) in [5.41, 5.74) is 1.86. The summed E-state index contributed by atoms with van der Waals surface area (Å²) in [5, 5.41) is 11.8. The van der Waals surface area contributed by atoms with Gasteiger partial charge in [0, 0.05) is 35.2 Å². The van der Waals surface area contributed by atoms with Gasteiger partial charge in [-0.15, -0.1) is 0 Å². The van der Waals surface area contributed by atoms with Crippen molar-refractivity contribution in [3.8, 4) is 23.0 Å². The summed E-state index contributed by atoms with van der Waals surface area (Å²) in [6, 6.07) is 21.1. The van der Waals surface area contributed by atoms with Crippen LogP contribution in [0.3, 0.4) is 0 Å². The molecule has 6 rings (SSSR count). The van der Waals surface area contributed by atoms with Crippen molar-refractivity contribution in [2.45, 2.75) is 49.7 Å². The second kappa shape index (κ2) is 9.42. The number of hydrogen-bond donors (Lipinski definition) is 1. The second-order valence-corrected chi connectivity index (χ2v) is 10.4. The molecule has 192 valence electrons. The van der Waals surface area contributed by atoms with Crippen LogP contribution in [-0.2, 0) is 4.79 Å². The topological polar surface area (TPSA) is 68.2 Å². The van der Waals surface area contributed by atoms with Crippen molar-refractivity contribution in [1.29, 1.82) is 0 Å². The van der Waals surface area contributed by atoms with Gasteiger partial charge in [-0.25, -0.2) is 0 Å². The average molecular weight is 500 g/mol. The number of piperidine rings is 1. The average Bonchev–Trinajstić information content (AvgIpc) is 2.94. The van der Waals surface area contributed by atoms with Gasteiger partial charge in [-0.1, -0.05) is 49.2 Å². The van der Waals surface area contributed by atoms with Crippen molar-refractivity contribution in [1.82, 2.24) is 4.90 Å². The standard InChI is InChI=1S/C31H33NO5/c1-35-20-14-15-23(27(19-20)36-2)29-24-11-7-8-16-31(24,34)17-18-32(29)30(33)28-21-9-3-5-12-25(21)37-26-13-6-4-10-22(26)28/h3-6,9-10,12-15,19,24,28-29,34H,7-8,11,16-18H2,1-2H3/t24-,29+,31-/m1/s1. The summed E-state index contributed by atoms with van der Waals surface area (Å²) in [5.74, 6) is 2.26. The minimum Gasteiger partial charge on any atom is -0.497 e. The molecular formula is C31H33NO5. The Labute approximate surface area is 217 Å². The Kier molecular flexibility index (Phi) is 6.07. The number of para-hydroxylation sites is 2. The lowest BCUT2D eigenvalue weighted by molar-refractivity contribution is -0.156. The first kappa shape index (κ1) is 23.9. The van der Waals surface area contributed by atoms with Gasteiger partial charge in [-0.3, -0.25) is 4.79 Å². The second-order valence-electron chi connectivity index (χ2n) is 10.4. The van der Waals surface area contributed by atoms with Crippen LogP contribution in [-0.4, -0.2) is 42.3 Å². The molecule has 0 unspecified atom stereocenters. The van der Waals surface area contributed by atoms with Gasteiger partial charge in [0.15, 0.2) is 0 Å². The quantitative estimate of drug-likeness (QED) is 0.489. The first-order valence-corrected chi connectivity index (χ1v) is 13.1. The fourth-order valence-corrected chi connectivity index (χ4v) is 6.72. The summed E-state index contributed by atoms with van der Waals surface area (Å²) in [7, 11) is 3.27. The predicted molar refractivity (Wildman–Crippen MR) is 140 cm³/mol. The van der Waals surface area contributed by atoms with E-state index in [1.54, 1.807) is 14.2 Å². The maximum absolute atomic E-state index is 14.7. The Hall–Kier alpha value is -3.51. The number of carbonyl (C=O) groups excluding carboxylic acids is 1. The molecule has 1 amide bonds. The molecule has 6 nitrogen and oxygen atoms in total. The number of benzene rings is 3. The molecule has 37 heavy (non-hydrogen) atoms. The van der Waals surface area contributed by atoms with Crippen LogP contribution < -0.4 is 14.2 Å². The van der Waals surface area contributed by atoms with Crippen molar-refractivity contribution in [3.63, 3.8) is 0 Å². The summed E-state index contributed by atoms with van der Waals surface area (Å²) in [4.78, 5) is 16.7. The zero-order valence-electron chi connectivity index (χ0n) is 21.4. The van der Waals surface area contributed by atoms with Crippen LogP contribution in [0.5, 0.6) is 23.0 Å². The number of fused-ring (bicyclic) bond motifs is 3. The molecule has 3 aromatic carbocycles. The molecular weight excluding hydrogens is 466 g/mol. The Bertz CT molecular complexity index is 1280. The van der Waals surface area contributed by atoms with Crippen LogP contribution in [0, 0.1) is 5.92 Å². The van der Waals surface area contributed by atoms with E-state index in [0.717, 1.165) is 42.4 Å². The van der Waals surface area contributed by atoms with Gasteiger partial charge in [-0.05, 0) is 43.5 Å². The number of ether oxygens (including phenoxy) is 3. The zero-order valence-corrected chi connectivity index (χ0v) is 21.4. The molecule has 3 aliphatic rings. The third kappa shape index (κ3) is 3.95. The third-order valence-corrected chi connectivity index (χ3v) is 8.54. The number of carbonyl (C=O) groups is 1. The molecule has 1 aliphatic carbocycles. The zero-order chi connectivity index (χ0) is 25.6. The number of hydrogen-bond acceptors (Lipinski definition) is 5. The fraction of sp³-hybridized carbons (Fsp3) is 0.387. The Morgan fingerprint density at radius 3 is 2.30 bits per heavy atom. The first-order chi connectivity index (χ1) is 18.0. The van der Waals surface area contributed by atoms with E-state index in [9.17, 15) is 9.90 Å². The van der Waals surface area contributed by atoms with Crippen molar-refractivity contribution < 1.29 is 24.1 Å². The number of amides is 1. The van der Waals surface area contributed by atoms with Crippen LogP contribution in [0.15, 0.2) is 66.7 Å². The predicted octanol–water partition coefficient (Wildman–Crippen LogP) is 5.84. The highest BCUT2D eigenvalue weighted by atomic mass is 16.5. The van der Waals surface area contributed by atoms with Gasteiger partial charge in [-0.2, -0.15) is 0 Å². The lowest BCUT2D eigenvalue weighted by atomic mass is 9.65. The van der Waals surface area contributed by atoms with Crippen LogP contribution in [0.2, 0.25) is 0 Å². The summed E-state index contributed by atoms with van der Waals surface area (Å²) in [6.07, 6.45) is 4.24. The van der Waals surface area contributed by atoms with E-state index in [2.05, 4.69) is 0 Å². The summed E-state index contributed by atoms with van der Waals surface area (Å²) >= 11 is 0. The highest BCUT2D eigenvalue weighted by Gasteiger charge is 2.52. The Morgan fingerprint density at radius 1 is 0.919 bits per heavy atom. The van der Waals surface area contributed by atoms with Crippen molar-refractivity contribution in [2.75, 3.05) is 20.8 Å². The number of methoxy groups -OCH3 is 2. The molecule has 2 heterocycles.